The molecule has 0 amide bonds. The lowest BCUT2D eigenvalue weighted by molar-refractivity contribution is 0.221. The Bertz CT molecular complexity index is 371. The molecular formula is C16H24FN. The molecule has 1 fully saturated rings. The fourth-order valence-electron chi connectivity index (χ4n) is 2.53. The van der Waals surface area contributed by atoms with E-state index in [4.69, 9.17) is 0 Å². The Kier molecular flexibility index (Phi) is 4.06. The Morgan fingerprint density at radius 1 is 1.17 bits per heavy atom. The van der Waals surface area contributed by atoms with Gasteiger partial charge in [-0.1, -0.05) is 51.5 Å². The summed E-state index contributed by atoms with van der Waals surface area (Å²) >= 11 is 0. The lowest BCUT2D eigenvalue weighted by Crippen LogP contribution is -2.37. The van der Waals surface area contributed by atoms with Gasteiger partial charge in [0, 0.05) is 6.04 Å². The van der Waals surface area contributed by atoms with Gasteiger partial charge in [-0.3, -0.25) is 0 Å². The third-order valence-electron chi connectivity index (χ3n) is 3.80. The van der Waals surface area contributed by atoms with Gasteiger partial charge in [-0.05, 0) is 35.9 Å². The molecule has 0 spiro atoms. The van der Waals surface area contributed by atoms with Gasteiger partial charge in [0.15, 0.2) is 0 Å². The molecule has 2 rings (SSSR count). The number of benzene rings is 1. The molecule has 2 heteroatoms. The lowest BCUT2D eigenvalue weighted by atomic mass is 9.86. The molecule has 0 bridgehead atoms. The molecule has 1 aliphatic heterocycles. The van der Waals surface area contributed by atoms with Gasteiger partial charge in [0.05, 0.1) is 0 Å². The van der Waals surface area contributed by atoms with Crippen LogP contribution in [0.3, 0.4) is 0 Å². The zero-order valence-corrected chi connectivity index (χ0v) is 11.7. The molecule has 2 unspecified atom stereocenters. The minimum absolute atomic E-state index is 0.000707. The van der Waals surface area contributed by atoms with Crippen molar-refractivity contribution in [2.45, 2.75) is 57.7 Å². The quantitative estimate of drug-likeness (QED) is 0.830. The van der Waals surface area contributed by atoms with E-state index in [1.165, 1.54) is 12.0 Å². The molecule has 1 heterocycles. The van der Waals surface area contributed by atoms with Gasteiger partial charge in [0.2, 0.25) is 0 Å². The summed E-state index contributed by atoms with van der Waals surface area (Å²) < 4.78 is 14.4. The number of alkyl halides is 1. The lowest BCUT2D eigenvalue weighted by Gasteiger charge is -2.27. The second-order valence-electron chi connectivity index (χ2n) is 6.33. The average Bonchev–Trinajstić information content (AvgIpc) is 2.38. The van der Waals surface area contributed by atoms with Crippen molar-refractivity contribution in [3.8, 4) is 0 Å². The summed E-state index contributed by atoms with van der Waals surface area (Å²) in [6.45, 7) is 7.48. The highest BCUT2D eigenvalue weighted by atomic mass is 19.1. The fraction of sp³-hybridized carbons (Fsp3) is 0.625. The van der Waals surface area contributed by atoms with E-state index in [9.17, 15) is 4.39 Å². The topological polar surface area (TPSA) is 12.0 Å². The van der Waals surface area contributed by atoms with Crippen LogP contribution in [0.15, 0.2) is 24.3 Å². The molecule has 100 valence electrons. The molecule has 2 atom stereocenters. The normalized spacial score (nSPS) is 22.8. The number of nitrogens with one attached hydrogen (secondary N) is 1. The van der Waals surface area contributed by atoms with Gasteiger partial charge in [-0.2, -0.15) is 0 Å². The van der Waals surface area contributed by atoms with Crippen LogP contribution in [0.25, 0.3) is 0 Å². The van der Waals surface area contributed by atoms with Crippen LogP contribution in [0.4, 0.5) is 4.39 Å². The molecule has 1 nitrogen and oxygen atoms in total. The van der Waals surface area contributed by atoms with E-state index in [0.29, 0.717) is 0 Å². The summed E-state index contributed by atoms with van der Waals surface area (Å²) in [7, 11) is 0. The van der Waals surface area contributed by atoms with Crippen molar-refractivity contribution in [1.29, 1.82) is 0 Å². The number of hydrogen-bond acceptors (Lipinski definition) is 1. The minimum Gasteiger partial charge on any atom is -0.311 e. The highest BCUT2D eigenvalue weighted by Gasteiger charge is 2.24. The van der Waals surface area contributed by atoms with Crippen molar-refractivity contribution in [3.05, 3.63) is 35.4 Å². The predicted molar refractivity (Wildman–Crippen MR) is 74.6 cm³/mol. The maximum absolute atomic E-state index is 14.4. The maximum atomic E-state index is 14.4. The zero-order chi connectivity index (χ0) is 13.2. The molecule has 1 aromatic carbocycles. The standard InChI is InChI=1S/C16H24FN/c1-16(2,3)13-9-7-12(8-10-13)15(17)14-6-4-5-11-18-14/h7-10,14-15,18H,4-6,11H2,1-3H3. The van der Waals surface area contributed by atoms with E-state index >= 15 is 0 Å². The number of piperidine rings is 1. The van der Waals surface area contributed by atoms with Crippen LogP contribution in [0, 0.1) is 0 Å². The average molecular weight is 249 g/mol. The van der Waals surface area contributed by atoms with Gasteiger partial charge in [0.1, 0.15) is 6.17 Å². The van der Waals surface area contributed by atoms with E-state index < -0.39 is 6.17 Å². The van der Waals surface area contributed by atoms with Gasteiger partial charge in [-0.15, -0.1) is 0 Å². The van der Waals surface area contributed by atoms with E-state index in [1.54, 1.807) is 0 Å². The van der Waals surface area contributed by atoms with E-state index in [2.05, 4.69) is 38.2 Å². The largest absolute Gasteiger partial charge is 0.311 e. The first-order valence-electron chi connectivity index (χ1n) is 6.96. The monoisotopic (exact) mass is 249 g/mol. The summed E-state index contributed by atoms with van der Waals surface area (Å²) in [5, 5.41) is 3.29. The Balaban J connectivity index is 2.09. The van der Waals surface area contributed by atoms with Crippen LogP contribution in [0.2, 0.25) is 0 Å². The molecule has 0 aliphatic carbocycles. The molecule has 1 aromatic rings. The van der Waals surface area contributed by atoms with Crippen molar-refractivity contribution in [2.75, 3.05) is 6.54 Å². The summed E-state index contributed by atoms with van der Waals surface area (Å²) in [5.74, 6) is 0. The van der Waals surface area contributed by atoms with Crippen LogP contribution in [-0.2, 0) is 5.41 Å². The summed E-state index contributed by atoms with van der Waals surface area (Å²) in [5.41, 5.74) is 2.20. The van der Waals surface area contributed by atoms with Gasteiger partial charge >= 0.3 is 0 Å². The van der Waals surface area contributed by atoms with E-state index in [0.717, 1.165) is 24.9 Å². The Hall–Kier alpha value is -0.890. The van der Waals surface area contributed by atoms with Gasteiger partial charge < -0.3 is 5.32 Å². The molecule has 1 aliphatic rings. The Labute approximate surface area is 110 Å². The SMILES string of the molecule is CC(C)(C)c1ccc(C(F)C2CCCCN2)cc1. The van der Waals surface area contributed by atoms with E-state index in [-0.39, 0.29) is 11.5 Å². The molecule has 1 N–H and O–H groups in total. The predicted octanol–water partition coefficient (Wildman–Crippen LogP) is 4.14. The summed E-state index contributed by atoms with van der Waals surface area (Å²) in [6, 6.07) is 8.01. The Morgan fingerprint density at radius 2 is 1.83 bits per heavy atom. The summed E-state index contributed by atoms with van der Waals surface area (Å²) in [4.78, 5) is 0. The zero-order valence-electron chi connectivity index (χ0n) is 11.7. The van der Waals surface area contributed by atoms with Crippen LogP contribution in [-0.4, -0.2) is 12.6 Å². The first-order chi connectivity index (χ1) is 8.48. The first kappa shape index (κ1) is 13.5. The van der Waals surface area contributed by atoms with Crippen molar-refractivity contribution < 1.29 is 4.39 Å². The van der Waals surface area contributed by atoms with Crippen molar-refractivity contribution in [2.24, 2.45) is 0 Å². The van der Waals surface area contributed by atoms with Gasteiger partial charge in [0.25, 0.3) is 0 Å². The molecule has 0 saturated carbocycles. The van der Waals surface area contributed by atoms with Gasteiger partial charge in [-0.25, -0.2) is 4.39 Å². The fourth-order valence-corrected chi connectivity index (χ4v) is 2.53. The number of hydrogen-bond donors (Lipinski definition) is 1. The molecule has 0 radical (unpaired) electrons. The third kappa shape index (κ3) is 3.11. The number of rotatable bonds is 2. The molecule has 0 aromatic heterocycles. The second-order valence-corrected chi connectivity index (χ2v) is 6.33. The van der Waals surface area contributed by atoms with Crippen molar-refractivity contribution in [1.82, 2.24) is 5.32 Å². The van der Waals surface area contributed by atoms with E-state index in [1.807, 2.05) is 12.1 Å². The summed E-state index contributed by atoms with van der Waals surface area (Å²) in [6.07, 6.45) is 2.38. The Morgan fingerprint density at radius 3 is 2.33 bits per heavy atom. The van der Waals surface area contributed by atoms with Crippen LogP contribution < -0.4 is 5.32 Å². The van der Waals surface area contributed by atoms with Crippen molar-refractivity contribution in [3.63, 3.8) is 0 Å². The van der Waals surface area contributed by atoms with Crippen LogP contribution in [0.5, 0.6) is 0 Å². The second kappa shape index (κ2) is 5.40. The molecule has 18 heavy (non-hydrogen) atoms. The van der Waals surface area contributed by atoms with Crippen LogP contribution >= 0.6 is 0 Å². The number of halogens is 1. The molecule has 1 saturated heterocycles. The first-order valence-corrected chi connectivity index (χ1v) is 6.96. The molecular weight excluding hydrogens is 225 g/mol. The minimum atomic E-state index is -0.876. The third-order valence-corrected chi connectivity index (χ3v) is 3.80. The smallest absolute Gasteiger partial charge is 0.140 e. The highest BCUT2D eigenvalue weighted by Crippen LogP contribution is 2.29. The van der Waals surface area contributed by atoms with Crippen LogP contribution in [0.1, 0.15) is 57.3 Å². The van der Waals surface area contributed by atoms with Crippen molar-refractivity contribution >= 4 is 0 Å². The maximum Gasteiger partial charge on any atom is 0.140 e. The highest BCUT2D eigenvalue weighted by molar-refractivity contribution is 5.29.